The summed E-state index contributed by atoms with van der Waals surface area (Å²) < 4.78 is 5.16. The molecule has 3 rings (SSSR count). The van der Waals surface area contributed by atoms with E-state index in [0.29, 0.717) is 9.89 Å². The average Bonchev–Trinajstić information content (AvgIpc) is 2.95. The predicted octanol–water partition coefficient (Wildman–Crippen LogP) is -0.852. The molecule has 10 nitrogen and oxygen atoms in total. The van der Waals surface area contributed by atoms with Crippen LogP contribution in [0.3, 0.4) is 0 Å². The van der Waals surface area contributed by atoms with Crippen LogP contribution in [0.2, 0.25) is 0 Å². The summed E-state index contributed by atoms with van der Waals surface area (Å²) in [5.41, 5.74) is 0.0833. The maximum absolute atomic E-state index is 12.5. The van der Waals surface area contributed by atoms with Crippen LogP contribution in [0.5, 0.6) is 0 Å². The molecule has 0 aromatic carbocycles. The van der Waals surface area contributed by atoms with E-state index in [-0.39, 0.29) is 36.3 Å². The summed E-state index contributed by atoms with van der Waals surface area (Å²) in [5, 5.41) is 11.4. The quantitative estimate of drug-likeness (QED) is 0.302. The van der Waals surface area contributed by atoms with Crippen LogP contribution in [-0.2, 0) is 28.7 Å². The Morgan fingerprint density at radius 2 is 2.04 bits per heavy atom. The van der Waals surface area contributed by atoms with Gasteiger partial charge >= 0.3 is 11.9 Å². The Morgan fingerprint density at radius 1 is 1.32 bits per heavy atom. The minimum Gasteiger partial charge on any atom is -0.477 e. The van der Waals surface area contributed by atoms with Crippen LogP contribution in [-0.4, -0.2) is 85.0 Å². The predicted molar refractivity (Wildman–Crippen MR) is 103 cm³/mol. The number of amides is 3. The number of β-lactam (4-membered cyclic amide) rings is 1. The number of aliphatic carboxylic acids is 1. The lowest BCUT2D eigenvalue weighted by Crippen LogP contribution is -2.71. The Bertz CT molecular complexity index is 812. The zero-order valence-corrected chi connectivity index (χ0v) is 16.9. The molecule has 28 heavy (non-hydrogen) atoms. The van der Waals surface area contributed by atoms with Gasteiger partial charge in [-0.15, -0.1) is 11.8 Å². The highest BCUT2D eigenvalue weighted by atomic mass is 32.2. The van der Waals surface area contributed by atoms with Crippen molar-refractivity contribution in [2.75, 3.05) is 24.7 Å². The minimum atomic E-state index is -1.31. The van der Waals surface area contributed by atoms with Gasteiger partial charge in [0, 0.05) is 18.2 Å². The number of nitrogens with one attached hydrogen (secondary N) is 1. The lowest BCUT2D eigenvalue weighted by atomic mass is 10.0. The smallest absolute Gasteiger partial charge is 0.352 e. The van der Waals surface area contributed by atoms with Crippen molar-refractivity contribution in [1.29, 1.82) is 0 Å². The standard InChI is InChI=1S/C15H15N3O7S3/c1-6(19)25-3-7-4-27-13-10(12(22)18(13)11(7)14(23)24)16-8(20)2-17-9(21)5-28-15(17)26/h10,13H,2-5H2,1H3,(H,16,20)(H,23,24)/t10-,13-/m1/s1. The molecule has 13 heteroatoms. The van der Waals surface area contributed by atoms with Gasteiger partial charge in [0.2, 0.25) is 11.8 Å². The van der Waals surface area contributed by atoms with E-state index < -0.39 is 35.2 Å². The first kappa shape index (κ1) is 20.6. The van der Waals surface area contributed by atoms with Crippen molar-refractivity contribution < 1.29 is 33.8 Å². The van der Waals surface area contributed by atoms with Crippen LogP contribution >= 0.6 is 35.7 Å². The third-order valence-corrected chi connectivity index (χ3v) is 6.93. The van der Waals surface area contributed by atoms with E-state index in [9.17, 15) is 29.1 Å². The van der Waals surface area contributed by atoms with Crippen molar-refractivity contribution in [2.45, 2.75) is 18.3 Å². The largest absolute Gasteiger partial charge is 0.477 e. The summed E-state index contributed by atoms with van der Waals surface area (Å²) in [6.07, 6.45) is 0. The molecule has 3 amide bonds. The molecular formula is C15H15N3O7S3. The van der Waals surface area contributed by atoms with Gasteiger partial charge in [-0.2, -0.15) is 0 Å². The number of carbonyl (C=O) groups excluding carboxylic acids is 4. The molecule has 3 aliphatic heterocycles. The second kappa shape index (κ2) is 8.09. The summed E-state index contributed by atoms with van der Waals surface area (Å²) in [7, 11) is 0. The van der Waals surface area contributed by atoms with E-state index in [0.717, 1.165) is 16.7 Å². The molecule has 0 saturated carbocycles. The molecule has 0 radical (unpaired) electrons. The van der Waals surface area contributed by atoms with Crippen molar-refractivity contribution >= 4 is 69.7 Å². The normalized spacial score (nSPS) is 24.1. The molecule has 2 atom stereocenters. The second-order valence-electron chi connectivity index (χ2n) is 6.03. The van der Waals surface area contributed by atoms with Gasteiger partial charge in [-0.05, 0) is 0 Å². The fourth-order valence-electron chi connectivity index (χ4n) is 2.88. The highest BCUT2D eigenvalue weighted by molar-refractivity contribution is 8.23. The highest BCUT2D eigenvalue weighted by Crippen LogP contribution is 2.40. The van der Waals surface area contributed by atoms with E-state index in [1.54, 1.807) is 0 Å². The first-order valence-corrected chi connectivity index (χ1v) is 10.4. The van der Waals surface area contributed by atoms with Crippen LogP contribution in [0.15, 0.2) is 11.3 Å². The molecule has 2 saturated heterocycles. The molecule has 3 aliphatic rings. The summed E-state index contributed by atoms with van der Waals surface area (Å²) in [5.74, 6) is -2.85. The Kier molecular flexibility index (Phi) is 5.95. The van der Waals surface area contributed by atoms with Crippen LogP contribution in [0.25, 0.3) is 0 Å². The van der Waals surface area contributed by atoms with E-state index >= 15 is 0 Å². The summed E-state index contributed by atoms with van der Waals surface area (Å²) in [4.78, 5) is 61.3. The molecule has 0 spiro atoms. The first-order valence-electron chi connectivity index (χ1n) is 8.00. The number of carboxylic acids is 1. The number of esters is 1. The number of thiocarbonyl (C=S) groups is 1. The lowest BCUT2D eigenvalue weighted by Gasteiger charge is -2.49. The van der Waals surface area contributed by atoms with Gasteiger partial charge in [0.1, 0.15) is 34.6 Å². The summed E-state index contributed by atoms with van der Waals surface area (Å²) >= 11 is 7.43. The number of fused-ring (bicyclic) bond motifs is 1. The Balaban J connectivity index is 1.67. The van der Waals surface area contributed by atoms with Crippen LogP contribution < -0.4 is 5.32 Å². The first-order chi connectivity index (χ1) is 13.2. The van der Waals surface area contributed by atoms with Gasteiger partial charge in [0.05, 0.1) is 5.75 Å². The SMILES string of the molecule is CC(=O)OCC1=C(C(=O)O)N2C(=O)[C@@H](NC(=O)CN3C(=O)CSC3=S)[C@H]2SC1. The Labute approximate surface area is 173 Å². The minimum absolute atomic E-state index is 0.179. The van der Waals surface area contributed by atoms with Crippen LogP contribution in [0, 0.1) is 0 Å². The van der Waals surface area contributed by atoms with E-state index in [2.05, 4.69) is 5.32 Å². The summed E-state index contributed by atoms with van der Waals surface area (Å²) in [6, 6.07) is -0.902. The van der Waals surface area contributed by atoms with Gasteiger partial charge in [-0.25, -0.2) is 4.79 Å². The topological polar surface area (TPSA) is 133 Å². The molecule has 0 aromatic rings. The molecule has 3 heterocycles. The Hall–Kier alpha value is -2.12. The number of thioether (sulfide) groups is 2. The maximum atomic E-state index is 12.5. The van der Waals surface area contributed by atoms with E-state index in [4.69, 9.17) is 17.0 Å². The number of carboxylic acid groups (broad SMARTS) is 1. The highest BCUT2D eigenvalue weighted by Gasteiger charge is 2.54. The van der Waals surface area contributed by atoms with E-state index in [1.807, 2.05) is 0 Å². The second-order valence-corrected chi connectivity index (χ2v) is 8.74. The van der Waals surface area contributed by atoms with Crippen LogP contribution in [0.4, 0.5) is 0 Å². The molecule has 2 fully saturated rings. The molecule has 0 aromatic heterocycles. The third kappa shape index (κ3) is 3.86. The zero-order valence-electron chi connectivity index (χ0n) is 14.5. The molecule has 0 unspecified atom stereocenters. The molecule has 150 valence electrons. The zero-order chi connectivity index (χ0) is 20.6. The van der Waals surface area contributed by atoms with Crippen LogP contribution in [0.1, 0.15) is 6.92 Å². The van der Waals surface area contributed by atoms with Crippen molar-refractivity contribution in [1.82, 2.24) is 15.1 Å². The van der Waals surface area contributed by atoms with Crippen molar-refractivity contribution in [2.24, 2.45) is 0 Å². The number of ether oxygens (including phenoxy) is 1. The third-order valence-electron chi connectivity index (χ3n) is 4.16. The summed E-state index contributed by atoms with van der Waals surface area (Å²) in [6.45, 7) is 0.699. The number of hydrogen-bond donors (Lipinski definition) is 2. The Morgan fingerprint density at radius 3 is 2.61 bits per heavy atom. The van der Waals surface area contributed by atoms with Gasteiger partial charge in [0.25, 0.3) is 5.91 Å². The maximum Gasteiger partial charge on any atom is 0.352 e. The van der Waals surface area contributed by atoms with Gasteiger partial charge in [0.15, 0.2) is 0 Å². The van der Waals surface area contributed by atoms with Gasteiger partial charge in [-0.1, -0.05) is 24.0 Å². The fourth-order valence-corrected chi connectivity index (χ4v) is 5.28. The number of hydrogen-bond acceptors (Lipinski definition) is 9. The molecular weight excluding hydrogens is 430 g/mol. The molecule has 0 aliphatic carbocycles. The van der Waals surface area contributed by atoms with E-state index in [1.165, 1.54) is 23.6 Å². The van der Waals surface area contributed by atoms with Crippen molar-refractivity contribution in [3.63, 3.8) is 0 Å². The van der Waals surface area contributed by atoms with Crippen molar-refractivity contribution in [3.05, 3.63) is 11.3 Å². The monoisotopic (exact) mass is 445 g/mol. The fraction of sp³-hybridized carbons (Fsp3) is 0.467. The molecule has 2 N–H and O–H groups in total. The molecule has 0 bridgehead atoms. The van der Waals surface area contributed by atoms with Gasteiger partial charge in [-0.3, -0.25) is 29.0 Å². The number of carbonyl (C=O) groups is 5. The van der Waals surface area contributed by atoms with Gasteiger partial charge < -0.3 is 15.2 Å². The number of nitrogens with zero attached hydrogens (tertiary/aromatic N) is 2. The van der Waals surface area contributed by atoms with Crippen molar-refractivity contribution in [3.8, 4) is 0 Å². The average molecular weight is 446 g/mol. The number of rotatable bonds is 6. The lowest BCUT2D eigenvalue weighted by molar-refractivity contribution is -0.151.